The number of carbonyl (C=O) groups excluding carboxylic acids is 2. The average Bonchev–Trinajstić information content (AvgIpc) is 3.09. The van der Waals surface area contributed by atoms with E-state index in [2.05, 4.69) is 22.4 Å². The number of carbonyl (C=O) groups is 2. The van der Waals surface area contributed by atoms with E-state index in [4.69, 9.17) is 9.47 Å². The van der Waals surface area contributed by atoms with Gasteiger partial charge in [-0.15, -0.1) is 5.10 Å². The van der Waals surface area contributed by atoms with Gasteiger partial charge in [0.15, 0.2) is 5.69 Å². The Morgan fingerprint density at radius 2 is 1.74 bits per heavy atom. The second kappa shape index (κ2) is 9.62. The first-order chi connectivity index (χ1) is 14.7. The zero-order valence-corrected chi connectivity index (χ0v) is 19.2. The number of aromatic nitrogens is 3. The van der Waals surface area contributed by atoms with E-state index >= 15 is 0 Å². The molecule has 0 unspecified atom stereocenters. The van der Waals surface area contributed by atoms with Gasteiger partial charge >= 0.3 is 11.9 Å². The SMILES string of the molecule is CCOC(=O)CC1CCC(c2ccc(-n3nnc(C(=O)OC(C)(C)C)c3C)cc2)CC1. The van der Waals surface area contributed by atoms with Crippen molar-refractivity contribution in [3.8, 4) is 5.69 Å². The van der Waals surface area contributed by atoms with Crippen molar-refractivity contribution in [3.05, 3.63) is 41.2 Å². The van der Waals surface area contributed by atoms with Crippen LogP contribution in [0.5, 0.6) is 0 Å². The minimum absolute atomic E-state index is 0.0794. The Bertz CT molecular complexity index is 904. The third kappa shape index (κ3) is 5.93. The number of ether oxygens (including phenoxy) is 2. The number of hydrogen-bond donors (Lipinski definition) is 0. The minimum atomic E-state index is -0.579. The van der Waals surface area contributed by atoms with Crippen molar-refractivity contribution in [1.29, 1.82) is 0 Å². The van der Waals surface area contributed by atoms with Gasteiger partial charge in [-0.05, 0) is 89.8 Å². The Kier molecular flexibility index (Phi) is 7.13. The molecule has 1 aliphatic rings. The van der Waals surface area contributed by atoms with Gasteiger partial charge in [-0.2, -0.15) is 0 Å². The van der Waals surface area contributed by atoms with Crippen LogP contribution in [0.3, 0.4) is 0 Å². The van der Waals surface area contributed by atoms with Crippen molar-refractivity contribution in [3.63, 3.8) is 0 Å². The molecule has 2 aromatic rings. The summed E-state index contributed by atoms with van der Waals surface area (Å²) in [5, 5.41) is 8.19. The van der Waals surface area contributed by atoms with Crippen LogP contribution in [0.4, 0.5) is 0 Å². The monoisotopic (exact) mass is 427 g/mol. The van der Waals surface area contributed by atoms with Crippen molar-refractivity contribution in [2.45, 2.75) is 78.2 Å². The maximum absolute atomic E-state index is 12.3. The average molecular weight is 428 g/mol. The summed E-state index contributed by atoms with van der Waals surface area (Å²) in [6.07, 6.45) is 4.79. The van der Waals surface area contributed by atoms with Gasteiger partial charge in [-0.3, -0.25) is 4.79 Å². The summed E-state index contributed by atoms with van der Waals surface area (Å²) in [7, 11) is 0. The lowest BCUT2D eigenvalue weighted by Crippen LogP contribution is -2.24. The van der Waals surface area contributed by atoms with Crippen molar-refractivity contribution in [2.24, 2.45) is 5.92 Å². The predicted octanol–water partition coefficient (Wildman–Crippen LogP) is 4.76. The number of rotatable bonds is 6. The highest BCUT2D eigenvalue weighted by Crippen LogP contribution is 2.37. The molecule has 168 valence electrons. The van der Waals surface area contributed by atoms with Gasteiger partial charge in [-0.25, -0.2) is 9.48 Å². The number of esters is 2. The summed E-state index contributed by atoms with van der Waals surface area (Å²) in [6, 6.07) is 8.28. The van der Waals surface area contributed by atoms with Gasteiger partial charge in [0, 0.05) is 6.42 Å². The van der Waals surface area contributed by atoms with E-state index < -0.39 is 11.6 Å². The fourth-order valence-corrected chi connectivity index (χ4v) is 4.13. The molecule has 1 heterocycles. The molecule has 3 rings (SSSR count). The molecule has 0 atom stereocenters. The molecule has 0 spiro atoms. The standard InChI is InChI=1S/C24H33N3O4/c1-6-30-21(28)15-17-7-9-18(10-8-17)19-11-13-20(14-12-19)27-16(2)22(25-26-27)23(29)31-24(3,4)5/h11-14,17-18H,6-10,15H2,1-5H3. The molecule has 7 heteroatoms. The largest absolute Gasteiger partial charge is 0.466 e. The molecular formula is C24H33N3O4. The molecule has 0 radical (unpaired) electrons. The Hall–Kier alpha value is -2.70. The molecule has 0 bridgehead atoms. The van der Waals surface area contributed by atoms with Crippen LogP contribution in [0.15, 0.2) is 24.3 Å². The lowest BCUT2D eigenvalue weighted by molar-refractivity contribution is -0.144. The lowest BCUT2D eigenvalue weighted by Gasteiger charge is -2.28. The van der Waals surface area contributed by atoms with Gasteiger partial charge in [0.1, 0.15) is 5.60 Å². The second-order valence-corrected chi connectivity index (χ2v) is 9.26. The normalized spacial score (nSPS) is 19.1. The minimum Gasteiger partial charge on any atom is -0.466 e. The number of hydrogen-bond acceptors (Lipinski definition) is 6. The van der Waals surface area contributed by atoms with E-state index in [9.17, 15) is 9.59 Å². The van der Waals surface area contributed by atoms with Crippen LogP contribution in [-0.2, 0) is 14.3 Å². The first kappa shape index (κ1) is 23.0. The Balaban J connectivity index is 1.63. The summed E-state index contributed by atoms with van der Waals surface area (Å²) < 4.78 is 12.2. The maximum Gasteiger partial charge on any atom is 0.361 e. The van der Waals surface area contributed by atoms with Crippen molar-refractivity contribution < 1.29 is 19.1 Å². The molecule has 1 aliphatic carbocycles. The van der Waals surface area contributed by atoms with Crippen molar-refractivity contribution in [2.75, 3.05) is 6.61 Å². The molecule has 0 saturated heterocycles. The molecule has 0 N–H and O–H groups in total. The summed E-state index contributed by atoms with van der Waals surface area (Å²) in [6.45, 7) is 9.59. The predicted molar refractivity (Wildman–Crippen MR) is 117 cm³/mol. The topological polar surface area (TPSA) is 83.3 Å². The van der Waals surface area contributed by atoms with Crippen LogP contribution in [-0.4, -0.2) is 39.1 Å². The van der Waals surface area contributed by atoms with E-state index in [1.54, 1.807) is 4.68 Å². The quantitative estimate of drug-likeness (QED) is 0.618. The molecule has 0 aliphatic heterocycles. The second-order valence-electron chi connectivity index (χ2n) is 9.26. The van der Waals surface area contributed by atoms with Crippen molar-refractivity contribution >= 4 is 11.9 Å². The molecule has 1 fully saturated rings. The molecule has 7 nitrogen and oxygen atoms in total. The van der Waals surface area contributed by atoms with E-state index in [0.29, 0.717) is 30.6 Å². The Morgan fingerprint density at radius 3 is 2.32 bits per heavy atom. The zero-order chi connectivity index (χ0) is 22.6. The van der Waals surface area contributed by atoms with Crippen LogP contribution in [0.2, 0.25) is 0 Å². The first-order valence-corrected chi connectivity index (χ1v) is 11.1. The fraction of sp³-hybridized carbons (Fsp3) is 0.583. The molecule has 1 saturated carbocycles. The summed E-state index contributed by atoms with van der Waals surface area (Å²) in [5.74, 6) is 0.386. The maximum atomic E-state index is 12.3. The van der Waals surface area contributed by atoms with Crippen LogP contribution in [0.1, 0.15) is 87.5 Å². The smallest absolute Gasteiger partial charge is 0.361 e. The van der Waals surface area contributed by atoms with Crippen LogP contribution < -0.4 is 0 Å². The summed E-state index contributed by atoms with van der Waals surface area (Å²) in [4.78, 5) is 24.1. The summed E-state index contributed by atoms with van der Waals surface area (Å²) >= 11 is 0. The Morgan fingerprint density at radius 1 is 1.10 bits per heavy atom. The highest BCUT2D eigenvalue weighted by molar-refractivity contribution is 5.88. The Labute approximate surface area is 184 Å². The zero-order valence-electron chi connectivity index (χ0n) is 19.2. The lowest BCUT2D eigenvalue weighted by atomic mass is 9.77. The van der Waals surface area contributed by atoms with Gasteiger partial charge < -0.3 is 9.47 Å². The molecule has 1 aromatic carbocycles. The number of nitrogens with zero attached hydrogens (tertiary/aromatic N) is 3. The van der Waals surface area contributed by atoms with E-state index in [1.807, 2.05) is 46.8 Å². The fourth-order valence-electron chi connectivity index (χ4n) is 4.13. The summed E-state index contributed by atoms with van der Waals surface area (Å²) in [5.41, 5.74) is 2.47. The highest BCUT2D eigenvalue weighted by atomic mass is 16.6. The van der Waals surface area contributed by atoms with Gasteiger partial charge in [0.05, 0.1) is 18.0 Å². The van der Waals surface area contributed by atoms with E-state index in [-0.39, 0.29) is 11.7 Å². The first-order valence-electron chi connectivity index (χ1n) is 11.1. The third-order valence-electron chi connectivity index (χ3n) is 5.70. The number of benzene rings is 1. The van der Waals surface area contributed by atoms with Gasteiger partial charge in [0.2, 0.25) is 0 Å². The molecule has 0 amide bonds. The van der Waals surface area contributed by atoms with Gasteiger partial charge in [-0.1, -0.05) is 17.3 Å². The van der Waals surface area contributed by atoms with E-state index in [1.165, 1.54) is 5.56 Å². The van der Waals surface area contributed by atoms with Crippen molar-refractivity contribution in [1.82, 2.24) is 15.0 Å². The molecule has 1 aromatic heterocycles. The molecular weight excluding hydrogens is 394 g/mol. The molecule has 31 heavy (non-hydrogen) atoms. The van der Waals surface area contributed by atoms with Crippen LogP contribution in [0, 0.1) is 12.8 Å². The third-order valence-corrected chi connectivity index (χ3v) is 5.70. The van der Waals surface area contributed by atoms with Gasteiger partial charge in [0.25, 0.3) is 0 Å². The van der Waals surface area contributed by atoms with Crippen LogP contribution >= 0.6 is 0 Å². The van der Waals surface area contributed by atoms with Crippen LogP contribution in [0.25, 0.3) is 5.69 Å². The van der Waals surface area contributed by atoms with E-state index in [0.717, 1.165) is 31.4 Å². The highest BCUT2D eigenvalue weighted by Gasteiger charge is 2.26.